The van der Waals surface area contributed by atoms with E-state index < -0.39 is 0 Å². The predicted molar refractivity (Wildman–Crippen MR) is 5.75 cm³/mol. The largest absolute Gasteiger partial charge is 2.00 e. The summed E-state index contributed by atoms with van der Waals surface area (Å²) >= 11 is 0. The van der Waals surface area contributed by atoms with Crippen LogP contribution in [0.15, 0.2) is 0 Å². The van der Waals surface area contributed by atoms with Gasteiger partial charge in [-0.05, 0) is 0 Å². The fourth-order valence-electron chi connectivity index (χ4n) is 0. The molecule has 0 aliphatic rings. The zero-order valence-corrected chi connectivity index (χ0v) is 12.1. The Balaban J connectivity index is 0. The minimum absolute atomic E-state index is 0. The van der Waals surface area contributed by atoms with Crippen LogP contribution in [0.4, 0.5) is 0 Å². The summed E-state index contributed by atoms with van der Waals surface area (Å²) in [5.41, 5.74) is 0. The molecule has 0 bridgehead atoms. The Morgan fingerprint density at radius 2 is 0.600 bits per heavy atom. The maximum Gasteiger partial charge on any atom is 2.00 e. The maximum atomic E-state index is 0. The molecule has 0 saturated heterocycles. The first-order valence-electron chi connectivity index (χ1n) is 0. The third kappa shape index (κ3) is 21.4. The van der Waals surface area contributed by atoms with Crippen LogP contribution in [0.3, 0.4) is 0 Å². The molecule has 0 spiro atoms. The third-order valence-electron chi connectivity index (χ3n) is 0. The van der Waals surface area contributed by atoms with E-state index in [1.807, 2.05) is 0 Å². The summed E-state index contributed by atoms with van der Waals surface area (Å²) in [6, 6.07) is 0. The van der Waals surface area contributed by atoms with E-state index in [4.69, 9.17) is 0 Å². The molecule has 0 aromatic rings. The molecule has 0 atom stereocenters. The number of hydrogen-bond acceptors (Lipinski definition) is 0. The Kier molecular flexibility index (Phi) is 337. The van der Waals surface area contributed by atoms with Crippen molar-refractivity contribution in [1.82, 2.24) is 0 Å². The van der Waals surface area contributed by atoms with Gasteiger partial charge >= 0.3 is 46.8 Å². The summed E-state index contributed by atoms with van der Waals surface area (Å²) in [7, 11) is 0. The maximum absolute atomic E-state index is 0. The van der Waals surface area contributed by atoms with Crippen LogP contribution in [0, 0.1) is 0 Å². The monoisotopic (exact) mass is 374 g/mol. The molecule has 0 N–H and O–H groups in total. The van der Waals surface area contributed by atoms with E-state index in [0.717, 1.165) is 0 Å². The van der Waals surface area contributed by atoms with Crippen molar-refractivity contribution in [3.05, 3.63) is 0 Å². The van der Waals surface area contributed by atoms with E-state index in [1.165, 1.54) is 0 Å². The molecule has 0 aromatic heterocycles. The van der Waals surface area contributed by atoms with Crippen LogP contribution in [0.5, 0.6) is 0 Å². The quantitative estimate of drug-likeness (QED) is 0.369. The SMILES string of the molecule is [Cl-].[Cl-].[Cl-].[Tl+].[Zn+2]. The second-order valence-electron chi connectivity index (χ2n) is 0. The second kappa shape index (κ2) is 32.2. The summed E-state index contributed by atoms with van der Waals surface area (Å²) in [6.07, 6.45) is 0. The molecule has 0 aliphatic carbocycles. The van der Waals surface area contributed by atoms with Gasteiger partial charge in [0.15, 0.2) is 0 Å². The molecule has 0 aromatic carbocycles. The van der Waals surface area contributed by atoms with Crippen LogP contribution in [-0.2, 0) is 19.5 Å². The topological polar surface area (TPSA) is 0 Å². The number of hydrogen-bond donors (Lipinski definition) is 0. The first-order valence-corrected chi connectivity index (χ1v) is 0. The Morgan fingerprint density at radius 1 is 0.600 bits per heavy atom. The molecule has 0 unspecified atom stereocenters. The Morgan fingerprint density at radius 3 is 0.600 bits per heavy atom. The molecule has 0 heterocycles. The summed E-state index contributed by atoms with van der Waals surface area (Å²) in [4.78, 5) is 0. The normalized spacial score (nSPS) is 0. The standard InChI is InChI=1S/3ClH.Tl.Zn/h3*1H;;/q;;;+1;+2/p-3. The first kappa shape index (κ1) is 52.3. The van der Waals surface area contributed by atoms with Crippen LogP contribution in [0.1, 0.15) is 0 Å². The molecule has 5 heteroatoms. The second-order valence-corrected chi connectivity index (χ2v) is 0. The van der Waals surface area contributed by atoms with Gasteiger partial charge in [-0.25, -0.2) is 0 Å². The average Bonchev–Trinajstić information content (AvgIpc) is 0. The van der Waals surface area contributed by atoms with Gasteiger partial charge in [-0.2, -0.15) is 0 Å². The van der Waals surface area contributed by atoms with Gasteiger partial charge in [-0.3, -0.25) is 0 Å². The van der Waals surface area contributed by atoms with Crippen LogP contribution in [0.2, 0.25) is 0 Å². The molecule has 0 saturated carbocycles. The molecule has 0 rings (SSSR count). The minimum atomic E-state index is 0. The Hall–Kier alpha value is 2.42. The first-order chi connectivity index (χ1) is 0. The summed E-state index contributed by atoms with van der Waals surface area (Å²) in [5.74, 6) is 0. The van der Waals surface area contributed by atoms with Crippen molar-refractivity contribution in [2.45, 2.75) is 0 Å². The van der Waals surface area contributed by atoms with E-state index in [0.29, 0.717) is 0 Å². The van der Waals surface area contributed by atoms with Gasteiger partial charge in [0, 0.05) is 0 Å². The van der Waals surface area contributed by atoms with Crippen molar-refractivity contribution in [2.75, 3.05) is 0 Å². The van der Waals surface area contributed by atoms with Gasteiger partial charge < -0.3 is 37.2 Å². The molecule has 0 aliphatic heterocycles. The van der Waals surface area contributed by atoms with Crippen LogP contribution in [0.25, 0.3) is 0 Å². The van der Waals surface area contributed by atoms with Crippen molar-refractivity contribution in [1.29, 1.82) is 0 Å². The zero-order valence-electron chi connectivity index (χ0n) is 2.42. The van der Waals surface area contributed by atoms with Crippen molar-refractivity contribution < 1.29 is 56.7 Å². The van der Waals surface area contributed by atoms with Gasteiger partial charge in [0.25, 0.3) is 0 Å². The van der Waals surface area contributed by atoms with Gasteiger partial charge in [-0.1, -0.05) is 0 Å². The van der Waals surface area contributed by atoms with E-state index in [2.05, 4.69) is 0 Å². The van der Waals surface area contributed by atoms with Gasteiger partial charge in [0.1, 0.15) is 0 Å². The molecular formula is Cl3TlZn. The summed E-state index contributed by atoms with van der Waals surface area (Å²) in [5, 5.41) is 0. The Labute approximate surface area is 83.0 Å². The van der Waals surface area contributed by atoms with Gasteiger partial charge in [0.05, 0.1) is 0 Å². The molecule has 0 radical (unpaired) electrons. The molecule has 5 heavy (non-hydrogen) atoms. The smallest absolute Gasteiger partial charge is 1.00 e. The molecule has 0 nitrogen and oxygen atoms in total. The van der Waals surface area contributed by atoms with E-state index in [-0.39, 0.29) is 84.0 Å². The van der Waals surface area contributed by atoms with Crippen LogP contribution >= 0.6 is 0 Å². The van der Waals surface area contributed by atoms with Crippen molar-refractivity contribution in [2.24, 2.45) is 0 Å². The molecule has 0 fully saturated rings. The van der Waals surface area contributed by atoms with Crippen molar-refractivity contribution in [3.63, 3.8) is 0 Å². The van der Waals surface area contributed by atoms with Gasteiger partial charge in [0.2, 0.25) is 0 Å². The van der Waals surface area contributed by atoms with Gasteiger partial charge in [-0.15, -0.1) is 0 Å². The Bertz CT molecular complexity index is 6.85. The minimum Gasteiger partial charge on any atom is -1.00 e. The van der Waals surface area contributed by atoms with Crippen LogP contribution < -0.4 is 37.2 Å². The predicted octanol–water partition coefficient (Wildman–Crippen LogP) is -9.37. The number of rotatable bonds is 0. The third-order valence-corrected chi connectivity index (χ3v) is 0. The van der Waals surface area contributed by atoms with Crippen molar-refractivity contribution in [3.8, 4) is 0 Å². The number of halogens is 3. The fourth-order valence-corrected chi connectivity index (χ4v) is 0. The summed E-state index contributed by atoms with van der Waals surface area (Å²) in [6.45, 7) is 0. The van der Waals surface area contributed by atoms with E-state index >= 15 is 0 Å². The summed E-state index contributed by atoms with van der Waals surface area (Å²) < 4.78 is 0. The van der Waals surface area contributed by atoms with Crippen molar-refractivity contribution >= 4 is 27.3 Å². The fraction of sp³-hybridized carbons (Fsp3) is 0. The molecule has 26 valence electrons. The van der Waals surface area contributed by atoms with E-state index in [1.54, 1.807) is 0 Å². The average molecular weight is 376 g/mol. The molecular weight excluding hydrogens is 376 g/mol. The van der Waals surface area contributed by atoms with Crippen LogP contribution in [-0.4, -0.2) is 27.3 Å². The van der Waals surface area contributed by atoms with E-state index in [9.17, 15) is 0 Å². The zero-order chi connectivity index (χ0) is 0. The molecule has 0 amide bonds.